The summed E-state index contributed by atoms with van der Waals surface area (Å²) in [6.07, 6.45) is 6.34. The standard InChI is InChI=1S/C12H12N2/c13-12-4-3-9(8-1-2-8)10-5-6-14-7-11(10)12/h3-8H,1-2,13H2. The Bertz CT molecular complexity index is 487. The third kappa shape index (κ3) is 1.07. The van der Waals surface area contributed by atoms with Crippen molar-refractivity contribution >= 4 is 16.5 Å². The first-order chi connectivity index (χ1) is 6.86. The second-order valence-electron chi connectivity index (χ2n) is 3.94. The van der Waals surface area contributed by atoms with Crippen LogP contribution in [-0.2, 0) is 0 Å². The van der Waals surface area contributed by atoms with Gasteiger partial charge in [-0.3, -0.25) is 4.98 Å². The van der Waals surface area contributed by atoms with E-state index in [2.05, 4.69) is 17.1 Å². The van der Waals surface area contributed by atoms with Gasteiger partial charge in [-0.05, 0) is 41.8 Å². The largest absolute Gasteiger partial charge is 0.398 e. The molecule has 1 aliphatic rings. The number of nitrogen functional groups attached to an aromatic ring is 1. The molecule has 2 N–H and O–H groups in total. The summed E-state index contributed by atoms with van der Waals surface area (Å²) in [5.74, 6) is 0.764. The van der Waals surface area contributed by atoms with Gasteiger partial charge in [-0.15, -0.1) is 0 Å². The number of pyridine rings is 1. The van der Waals surface area contributed by atoms with E-state index in [1.165, 1.54) is 23.8 Å². The van der Waals surface area contributed by atoms with Crippen LogP contribution in [0.2, 0.25) is 0 Å². The smallest absolute Gasteiger partial charge is 0.0409 e. The lowest BCUT2D eigenvalue weighted by molar-refractivity contribution is 1.15. The number of nitrogens with two attached hydrogens (primary N) is 1. The molecule has 3 rings (SSSR count). The Labute approximate surface area is 82.8 Å². The molecule has 0 aliphatic heterocycles. The summed E-state index contributed by atoms with van der Waals surface area (Å²) in [7, 11) is 0. The average Bonchev–Trinajstić information content (AvgIpc) is 3.03. The van der Waals surface area contributed by atoms with Crippen LogP contribution in [0.5, 0.6) is 0 Å². The second kappa shape index (κ2) is 2.71. The molecule has 1 aliphatic carbocycles. The first-order valence-electron chi connectivity index (χ1n) is 4.98. The van der Waals surface area contributed by atoms with E-state index < -0.39 is 0 Å². The lowest BCUT2D eigenvalue weighted by atomic mass is 10.0. The number of nitrogens with zero attached hydrogens (tertiary/aromatic N) is 1. The van der Waals surface area contributed by atoms with Gasteiger partial charge in [0, 0.05) is 23.5 Å². The average molecular weight is 184 g/mol. The van der Waals surface area contributed by atoms with Gasteiger partial charge in [0.05, 0.1) is 0 Å². The zero-order valence-electron chi connectivity index (χ0n) is 7.90. The van der Waals surface area contributed by atoms with Gasteiger partial charge in [0.25, 0.3) is 0 Å². The minimum Gasteiger partial charge on any atom is -0.398 e. The van der Waals surface area contributed by atoms with Crippen LogP contribution in [0.15, 0.2) is 30.6 Å². The highest BCUT2D eigenvalue weighted by Gasteiger charge is 2.25. The van der Waals surface area contributed by atoms with Crippen molar-refractivity contribution in [3.05, 3.63) is 36.2 Å². The van der Waals surface area contributed by atoms with E-state index >= 15 is 0 Å². The van der Waals surface area contributed by atoms with Gasteiger partial charge >= 0.3 is 0 Å². The molecular weight excluding hydrogens is 172 g/mol. The molecular formula is C12H12N2. The van der Waals surface area contributed by atoms with Crippen molar-refractivity contribution < 1.29 is 0 Å². The summed E-state index contributed by atoms with van der Waals surface area (Å²) in [4.78, 5) is 4.11. The predicted octanol–water partition coefficient (Wildman–Crippen LogP) is 2.69. The number of benzene rings is 1. The molecule has 1 saturated carbocycles. The highest BCUT2D eigenvalue weighted by Crippen LogP contribution is 2.43. The Morgan fingerprint density at radius 2 is 2.00 bits per heavy atom. The first-order valence-corrected chi connectivity index (χ1v) is 4.98. The molecule has 70 valence electrons. The molecule has 0 bridgehead atoms. The molecule has 0 saturated heterocycles. The summed E-state index contributed by atoms with van der Waals surface area (Å²) < 4.78 is 0. The number of fused-ring (bicyclic) bond motifs is 1. The fraction of sp³-hybridized carbons (Fsp3) is 0.250. The normalized spacial score (nSPS) is 16.0. The Morgan fingerprint density at radius 1 is 1.14 bits per heavy atom. The predicted molar refractivity (Wildman–Crippen MR) is 58.1 cm³/mol. The van der Waals surface area contributed by atoms with E-state index in [1.807, 2.05) is 18.5 Å². The number of anilines is 1. The summed E-state index contributed by atoms with van der Waals surface area (Å²) in [5.41, 5.74) is 8.18. The summed E-state index contributed by atoms with van der Waals surface area (Å²) in [6.45, 7) is 0. The summed E-state index contributed by atoms with van der Waals surface area (Å²) >= 11 is 0. The van der Waals surface area contributed by atoms with Crippen LogP contribution in [-0.4, -0.2) is 4.98 Å². The van der Waals surface area contributed by atoms with E-state index in [9.17, 15) is 0 Å². The Balaban J connectivity index is 2.35. The monoisotopic (exact) mass is 184 g/mol. The molecule has 1 fully saturated rings. The second-order valence-corrected chi connectivity index (χ2v) is 3.94. The molecule has 1 aromatic carbocycles. The van der Waals surface area contributed by atoms with Gasteiger partial charge in [-0.1, -0.05) is 6.07 Å². The molecule has 14 heavy (non-hydrogen) atoms. The Hall–Kier alpha value is -1.57. The van der Waals surface area contributed by atoms with Gasteiger partial charge in [0.15, 0.2) is 0 Å². The van der Waals surface area contributed by atoms with Crippen LogP contribution in [0.25, 0.3) is 10.8 Å². The third-order valence-electron chi connectivity index (χ3n) is 2.90. The van der Waals surface area contributed by atoms with Crippen LogP contribution >= 0.6 is 0 Å². The number of hydrogen-bond acceptors (Lipinski definition) is 2. The molecule has 1 heterocycles. The van der Waals surface area contributed by atoms with E-state index in [0.29, 0.717) is 0 Å². The Kier molecular flexibility index (Phi) is 1.51. The lowest BCUT2D eigenvalue weighted by Gasteiger charge is -2.06. The molecule has 0 unspecified atom stereocenters. The lowest BCUT2D eigenvalue weighted by Crippen LogP contribution is -1.91. The maximum Gasteiger partial charge on any atom is 0.0409 e. The van der Waals surface area contributed by atoms with Crippen molar-refractivity contribution in [1.82, 2.24) is 4.98 Å². The molecule has 2 heteroatoms. The van der Waals surface area contributed by atoms with Crippen molar-refractivity contribution in [2.75, 3.05) is 5.73 Å². The molecule has 0 radical (unpaired) electrons. The quantitative estimate of drug-likeness (QED) is 0.692. The van der Waals surface area contributed by atoms with Gasteiger partial charge in [0.2, 0.25) is 0 Å². The van der Waals surface area contributed by atoms with Gasteiger partial charge in [-0.25, -0.2) is 0 Å². The SMILES string of the molecule is Nc1ccc(C2CC2)c2ccncc12. The van der Waals surface area contributed by atoms with Gasteiger partial charge in [0.1, 0.15) is 0 Å². The first kappa shape index (κ1) is 7.80. The fourth-order valence-electron chi connectivity index (χ4n) is 1.99. The van der Waals surface area contributed by atoms with Gasteiger partial charge < -0.3 is 5.73 Å². The number of aromatic nitrogens is 1. The van der Waals surface area contributed by atoms with Gasteiger partial charge in [-0.2, -0.15) is 0 Å². The topological polar surface area (TPSA) is 38.9 Å². The maximum absolute atomic E-state index is 5.91. The maximum atomic E-state index is 5.91. The molecule has 2 nitrogen and oxygen atoms in total. The summed E-state index contributed by atoms with van der Waals surface area (Å²) in [6, 6.07) is 6.23. The van der Waals surface area contributed by atoms with Crippen LogP contribution < -0.4 is 5.73 Å². The summed E-state index contributed by atoms with van der Waals surface area (Å²) in [5, 5.41) is 2.37. The van der Waals surface area contributed by atoms with Crippen LogP contribution in [0.1, 0.15) is 24.3 Å². The molecule has 0 amide bonds. The minimum atomic E-state index is 0.764. The van der Waals surface area contributed by atoms with Crippen molar-refractivity contribution in [1.29, 1.82) is 0 Å². The molecule has 0 spiro atoms. The third-order valence-corrected chi connectivity index (χ3v) is 2.90. The van der Waals surface area contributed by atoms with E-state index in [-0.39, 0.29) is 0 Å². The van der Waals surface area contributed by atoms with E-state index in [1.54, 1.807) is 0 Å². The Morgan fingerprint density at radius 3 is 2.79 bits per heavy atom. The molecule has 1 aromatic heterocycles. The molecule has 0 atom stereocenters. The minimum absolute atomic E-state index is 0.764. The van der Waals surface area contributed by atoms with E-state index in [0.717, 1.165) is 17.0 Å². The number of hydrogen-bond donors (Lipinski definition) is 1. The van der Waals surface area contributed by atoms with Crippen molar-refractivity contribution in [3.63, 3.8) is 0 Å². The fourth-order valence-corrected chi connectivity index (χ4v) is 1.99. The van der Waals surface area contributed by atoms with E-state index in [4.69, 9.17) is 5.73 Å². The van der Waals surface area contributed by atoms with Crippen LogP contribution in [0.3, 0.4) is 0 Å². The van der Waals surface area contributed by atoms with Crippen molar-refractivity contribution in [3.8, 4) is 0 Å². The number of rotatable bonds is 1. The zero-order chi connectivity index (χ0) is 9.54. The van der Waals surface area contributed by atoms with Crippen LogP contribution in [0.4, 0.5) is 5.69 Å². The van der Waals surface area contributed by atoms with Crippen LogP contribution in [0, 0.1) is 0 Å². The highest BCUT2D eigenvalue weighted by atomic mass is 14.6. The van der Waals surface area contributed by atoms with Crippen molar-refractivity contribution in [2.24, 2.45) is 0 Å². The van der Waals surface area contributed by atoms with Crippen molar-refractivity contribution in [2.45, 2.75) is 18.8 Å². The highest BCUT2D eigenvalue weighted by molar-refractivity contribution is 5.94. The zero-order valence-corrected chi connectivity index (χ0v) is 7.90. The molecule has 2 aromatic rings.